The summed E-state index contributed by atoms with van der Waals surface area (Å²) < 4.78 is 0. The smallest absolute Gasteiger partial charge is 0.237 e. The van der Waals surface area contributed by atoms with Crippen molar-refractivity contribution in [1.82, 2.24) is 5.32 Å². The lowest BCUT2D eigenvalue weighted by Gasteiger charge is -2.21. The van der Waals surface area contributed by atoms with E-state index in [-0.39, 0.29) is 30.3 Å². The van der Waals surface area contributed by atoms with Crippen LogP contribution >= 0.6 is 24.2 Å². The Bertz CT molecular complexity index is 425. The SMILES string of the molecule is CCSc1ccc(C(C)NC(=O)C(N)C(C)CC)cc1.Cl. The Hall–Kier alpha value is -0.710. The van der Waals surface area contributed by atoms with Crippen molar-refractivity contribution in [3.05, 3.63) is 29.8 Å². The van der Waals surface area contributed by atoms with Gasteiger partial charge in [-0.2, -0.15) is 0 Å². The molecule has 1 aromatic carbocycles. The van der Waals surface area contributed by atoms with Crippen molar-refractivity contribution < 1.29 is 4.79 Å². The Balaban J connectivity index is 0.00000400. The predicted molar refractivity (Wildman–Crippen MR) is 94.1 cm³/mol. The lowest BCUT2D eigenvalue weighted by molar-refractivity contribution is -0.124. The number of carbonyl (C=O) groups excluding carboxylic acids is 1. The van der Waals surface area contributed by atoms with Crippen LogP contribution < -0.4 is 11.1 Å². The molecule has 5 heteroatoms. The van der Waals surface area contributed by atoms with E-state index in [9.17, 15) is 4.79 Å². The molecule has 0 bridgehead atoms. The van der Waals surface area contributed by atoms with E-state index in [1.165, 1.54) is 4.90 Å². The molecular weight excluding hydrogens is 304 g/mol. The highest BCUT2D eigenvalue weighted by molar-refractivity contribution is 7.99. The molecule has 0 aromatic heterocycles. The molecule has 1 amide bonds. The Morgan fingerprint density at radius 2 is 1.81 bits per heavy atom. The first kappa shape index (κ1) is 20.3. The third kappa shape index (κ3) is 6.29. The van der Waals surface area contributed by atoms with Gasteiger partial charge in [0.05, 0.1) is 12.1 Å². The largest absolute Gasteiger partial charge is 0.348 e. The molecule has 0 saturated carbocycles. The van der Waals surface area contributed by atoms with Crippen molar-refractivity contribution in [2.45, 2.75) is 51.1 Å². The molecule has 21 heavy (non-hydrogen) atoms. The number of hydrogen-bond acceptors (Lipinski definition) is 3. The molecule has 3 nitrogen and oxygen atoms in total. The second kappa shape index (κ2) is 10.1. The van der Waals surface area contributed by atoms with E-state index in [2.05, 4.69) is 36.5 Å². The molecule has 120 valence electrons. The van der Waals surface area contributed by atoms with Gasteiger partial charge in [0.2, 0.25) is 5.91 Å². The Labute approximate surface area is 138 Å². The lowest BCUT2D eigenvalue weighted by Crippen LogP contribution is -2.45. The number of rotatable bonds is 7. The molecule has 1 rings (SSSR count). The minimum Gasteiger partial charge on any atom is -0.348 e. The highest BCUT2D eigenvalue weighted by Gasteiger charge is 2.21. The molecular formula is C16H27ClN2OS. The topological polar surface area (TPSA) is 55.1 Å². The summed E-state index contributed by atoms with van der Waals surface area (Å²) in [6, 6.07) is 7.88. The van der Waals surface area contributed by atoms with Crippen molar-refractivity contribution >= 4 is 30.1 Å². The van der Waals surface area contributed by atoms with E-state index >= 15 is 0 Å². The molecule has 0 radical (unpaired) electrons. The Morgan fingerprint density at radius 3 is 2.29 bits per heavy atom. The molecule has 0 saturated heterocycles. The van der Waals surface area contributed by atoms with Crippen molar-refractivity contribution in [1.29, 1.82) is 0 Å². The van der Waals surface area contributed by atoms with E-state index in [0.29, 0.717) is 0 Å². The zero-order chi connectivity index (χ0) is 15.1. The maximum Gasteiger partial charge on any atom is 0.237 e. The van der Waals surface area contributed by atoms with Crippen LogP contribution in [0.15, 0.2) is 29.2 Å². The van der Waals surface area contributed by atoms with E-state index in [4.69, 9.17) is 5.73 Å². The zero-order valence-electron chi connectivity index (χ0n) is 13.3. The lowest BCUT2D eigenvalue weighted by atomic mass is 9.98. The maximum atomic E-state index is 12.1. The minimum absolute atomic E-state index is 0. The molecule has 1 aromatic rings. The first-order chi connectivity index (χ1) is 9.49. The van der Waals surface area contributed by atoms with Gasteiger partial charge in [0.15, 0.2) is 0 Å². The quantitative estimate of drug-likeness (QED) is 0.748. The molecule has 0 aliphatic heterocycles. The van der Waals surface area contributed by atoms with Crippen LogP contribution in [0.3, 0.4) is 0 Å². The van der Waals surface area contributed by atoms with E-state index < -0.39 is 6.04 Å². The van der Waals surface area contributed by atoms with Gasteiger partial charge in [-0.3, -0.25) is 4.79 Å². The molecule has 0 heterocycles. The van der Waals surface area contributed by atoms with E-state index in [0.717, 1.165) is 17.7 Å². The van der Waals surface area contributed by atoms with Gasteiger partial charge in [0.1, 0.15) is 0 Å². The molecule has 0 spiro atoms. The molecule has 3 N–H and O–H groups in total. The average Bonchev–Trinajstić information content (AvgIpc) is 2.46. The van der Waals surface area contributed by atoms with E-state index in [1.54, 1.807) is 0 Å². The summed E-state index contributed by atoms with van der Waals surface area (Å²) in [5, 5.41) is 2.99. The number of thioether (sulfide) groups is 1. The van der Waals surface area contributed by atoms with Crippen LogP contribution in [0.5, 0.6) is 0 Å². The molecule has 0 aliphatic rings. The van der Waals surface area contributed by atoms with Gasteiger partial charge in [-0.05, 0) is 36.3 Å². The van der Waals surface area contributed by atoms with Gasteiger partial charge in [-0.15, -0.1) is 24.2 Å². The number of carbonyl (C=O) groups is 1. The van der Waals surface area contributed by atoms with Gasteiger partial charge < -0.3 is 11.1 Å². The van der Waals surface area contributed by atoms with Crippen molar-refractivity contribution in [2.75, 3.05) is 5.75 Å². The Kier molecular flexibility index (Phi) is 9.75. The Morgan fingerprint density at radius 1 is 1.24 bits per heavy atom. The molecule has 3 unspecified atom stereocenters. The fourth-order valence-corrected chi connectivity index (χ4v) is 2.59. The third-order valence-electron chi connectivity index (χ3n) is 3.61. The summed E-state index contributed by atoms with van der Waals surface area (Å²) in [5.41, 5.74) is 7.05. The van der Waals surface area contributed by atoms with Crippen LogP contribution in [0.1, 0.15) is 45.7 Å². The van der Waals surface area contributed by atoms with Crippen LogP contribution in [0, 0.1) is 5.92 Å². The van der Waals surface area contributed by atoms with Crippen LogP contribution in [0.2, 0.25) is 0 Å². The summed E-state index contributed by atoms with van der Waals surface area (Å²) in [6.07, 6.45) is 0.909. The second-order valence-electron chi connectivity index (χ2n) is 5.14. The van der Waals surface area contributed by atoms with Gasteiger partial charge in [0.25, 0.3) is 0 Å². The van der Waals surface area contributed by atoms with Crippen LogP contribution in [0.25, 0.3) is 0 Å². The summed E-state index contributed by atoms with van der Waals surface area (Å²) in [6.45, 7) is 8.18. The molecule has 0 fully saturated rings. The highest BCUT2D eigenvalue weighted by Crippen LogP contribution is 2.21. The highest BCUT2D eigenvalue weighted by atomic mass is 35.5. The molecule has 3 atom stereocenters. The fourth-order valence-electron chi connectivity index (χ4n) is 1.92. The van der Waals surface area contributed by atoms with Crippen molar-refractivity contribution in [3.8, 4) is 0 Å². The summed E-state index contributed by atoms with van der Waals surface area (Å²) in [7, 11) is 0. The van der Waals surface area contributed by atoms with Crippen LogP contribution in [0.4, 0.5) is 0 Å². The number of amides is 1. The maximum absolute atomic E-state index is 12.1. The molecule has 0 aliphatic carbocycles. The average molecular weight is 331 g/mol. The summed E-state index contributed by atoms with van der Waals surface area (Å²) >= 11 is 1.81. The van der Waals surface area contributed by atoms with Gasteiger partial charge in [-0.25, -0.2) is 0 Å². The fraction of sp³-hybridized carbons (Fsp3) is 0.562. The standard InChI is InChI=1S/C16H26N2OS.ClH/c1-5-11(3)15(17)16(19)18-12(4)13-7-9-14(10-8-13)20-6-2;/h7-12,15H,5-6,17H2,1-4H3,(H,18,19);1H. The van der Waals surface area contributed by atoms with E-state index in [1.807, 2.05) is 32.5 Å². The number of nitrogens with two attached hydrogens (primary N) is 1. The minimum atomic E-state index is -0.433. The van der Waals surface area contributed by atoms with Crippen molar-refractivity contribution in [2.24, 2.45) is 11.7 Å². The van der Waals surface area contributed by atoms with Gasteiger partial charge in [-0.1, -0.05) is 39.3 Å². The number of halogens is 1. The second-order valence-corrected chi connectivity index (χ2v) is 6.48. The first-order valence-electron chi connectivity index (χ1n) is 7.28. The normalized spacial score (nSPS) is 14.7. The zero-order valence-corrected chi connectivity index (χ0v) is 14.9. The van der Waals surface area contributed by atoms with Gasteiger partial charge >= 0.3 is 0 Å². The van der Waals surface area contributed by atoms with Gasteiger partial charge in [0, 0.05) is 4.90 Å². The van der Waals surface area contributed by atoms with Crippen LogP contribution in [-0.4, -0.2) is 17.7 Å². The van der Waals surface area contributed by atoms with Crippen LogP contribution in [-0.2, 0) is 4.79 Å². The first-order valence-corrected chi connectivity index (χ1v) is 8.26. The third-order valence-corrected chi connectivity index (χ3v) is 4.50. The summed E-state index contributed by atoms with van der Waals surface area (Å²) in [4.78, 5) is 13.3. The number of benzene rings is 1. The number of nitrogens with one attached hydrogen (secondary N) is 1. The summed E-state index contributed by atoms with van der Waals surface area (Å²) in [5.74, 6) is 1.19. The van der Waals surface area contributed by atoms with Crippen molar-refractivity contribution in [3.63, 3.8) is 0 Å². The number of hydrogen-bond donors (Lipinski definition) is 2. The predicted octanol–water partition coefficient (Wildman–Crippen LogP) is 3.77. The monoisotopic (exact) mass is 330 g/mol.